The van der Waals surface area contributed by atoms with Crippen LogP contribution in [0, 0.1) is 6.92 Å². The van der Waals surface area contributed by atoms with Gasteiger partial charge in [0.15, 0.2) is 0 Å². The Hall–Kier alpha value is -0.880. The van der Waals surface area contributed by atoms with Crippen molar-refractivity contribution >= 4 is 10.8 Å². The lowest BCUT2D eigenvalue weighted by atomic mass is 9.78. The molecule has 2 nitrogen and oxygen atoms in total. The van der Waals surface area contributed by atoms with Crippen molar-refractivity contribution in [2.45, 2.75) is 61.3 Å². The number of halogens is 3. The second-order valence-corrected chi connectivity index (χ2v) is 8.46. The maximum atomic E-state index is 13.0. The van der Waals surface area contributed by atoms with Crippen LogP contribution in [0.4, 0.5) is 13.2 Å². The van der Waals surface area contributed by atoms with Gasteiger partial charge in [0.25, 0.3) is 0 Å². The van der Waals surface area contributed by atoms with E-state index in [-0.39, 0.29) is 23.3 Å². The Morgan fingerprint density at radius 3 is 2.36 bits per heavy atom. The topological polar surface area (TPSA) is 37.3 Å². The molecule has 0 spiro atoms. The second-order valence-electron chi connectivity index (χ2n) is 6.47. The van der Waals surface area contributed by atoms with Crippen LogP contribution in [-0.4, -0.2) is 19.8 Å². The number of aliphatic hydroxyl groups is 1. The van der Waals surface area contributed by atoms with Crippen molar-refractivity contribution in [1.29, 1.82) is 0 Å². The average Bonchev–Trinajstić information content (AvgIpc) is 2.40. The summed E-state index contributed by atoms with van der Waals surface area (Å²) in [6.07, 6.45) is -1.30. The monoisotopic (exact) mass is 332 g/mol. The van der Waals surface area contributed by atoms with Crippen LogP contribution in [0.5, 0.6) is 0 Å². The standard InChI is InChI=1S/C16H19F3O2S/c1-10-5-6-11(16(17,18)19)7-14(10)15(20)8-12-3-2-4-13(9-15)22(12)21/h5-7,12-13,20H,2-4,8-9H2,1H3. The summed E-state index contributed by atoms with van der Waals surface area (Å²) in [5.41, 5.74) is -1.04. The summed E-state index contributed by atoms with van der Waals surface area (Å²) in [6.45, 7) is 1.72. The molecule has 2 atom stereocenters. The van der Waals surface area contributed by atoms with Crippen LogP contribution in [0.2, 0.25) is 0 Å². The van der Waals surface area contributed by atoms with Crippen molar-refractivity contribution in [1.82, 2.24) is 0 Å². The Balaban J connectivity index is 2.01. The number of fused-ring (bicyclic) bond motifs is 2. The van der Waals surface area contributed by atoms with Gasteiger partial charge in [0.1, 0.15) is 0 Å². The summed E-state index contributed by atoms with van der Waals surface area (Å²) >= 11 is 0. The summed E-state index contributed by atoms with van der Waals surface area (Å²) in [7, 11) is -0.968. The van der Waals surface area contributed by atoms with E-state index in [9.17, 15) is 22.5 Å². The smallest absolute Gasteiger partial charge is 0.385 e. The first-order valence-electron chi connectivity index (χ1n) is 7.51. The van der Waals surface area contributed by atoms with E-state index in [2.05, 4.69) is 0 Å². The summed E-state index contributed by atoms with van der Waals surface area (Å²) in [6, 6.07) is 3.53. The van der Waals surface area contributed by atoms with Gasteiger partial charge >= 0.3 is 6.18 Å². The van der Waals surface area contributed by atoms with Crippen LogP contribution in [0.3, 0.4) is 0 Å². The second kappa shape index (κ2) is 5.34. The number of aryl methyl sites for hydroxylation is 1. The molecule has 22 heavy (non-hydrogen) atoms. The molecule has 1 aromatic rings. The first kappa shape index (κ1) is 16.0. The molecule has 3 rings (SSSR count). The SMILES string of the molecule is Cc1ccc(C(F)(F)F)cc1C1(O)CC2CCCC(C1)S2=O. The first-order valence-corrected chi connectivity index (χ1v) is 8.78. The Bertz CT molecular complexity index is 596. The minimum atomic E-state index is -4.42. The van der Waals surface area contributed by atoms with Gasteiger partial charge in [-0.25, -0.2) is 0 Å². The van der Waals surface area contributed by atoms with E-state index < -0.39 is 28.1 Å². The number of hydrogen-bond acceptors (Lipinski definition) is 2. The van der Waals surface area contributed by atoms with E-state index in [0.717, 1.165) is 31.4 Å². The van der Waals surface area contributed by atoms with Gasteiger partial charge in [-0.15, -0.1) is 0 Å². The lowest BCUT2D eigenvalue weighted by molar-refractivity contribution is -0.137. The molecule has 1 N–H and O–H groups in total. The van der Waals surface area contributed by atoms with E-state index in [1.807, 2.05) is 0 Å². The third kappa shape index (κ3) is 2.71. The van der Waals surface area contributed by atoms with E-state index in [0.29, 0.717) is 11.1 Å². The molecule has 0 amide bonds. The number of alkyl halides is 3. The summed E-state index contributed by atoms with van der Waals surface area (Å²) in [5.74, 6) is 0. The van der Waals surface area contributed by atoms with Gasteiger partial charge < -0.3 is 5.11 Å². The van der Waals surface area contributed by atoms with Crippen molar-refractivity contribution in [2.24, 2.45) is 0 Å². The van der Waals surface area contributed by atoms with Crippen molar-refractivity contribution in [2.75, 3.05) is 0 Å². The summed E-state index contributed by atoms with van der Waals surface area (Å²) < 4.78 is 51.1. The predicted octanol–water partition coefficient (Wildman–Crippen LogP) is 3.67. The number of benzene rings is 1. The highest BCUT2D eigenvalue weighted by atomic mass is 32.2. The van der Waals surface area contributed by atoms with Crippen LogP contribution < -0.4 is 0 Å². The van der Waals surface area contributed by atoms with Crippen LogP contribution in [0.25, 0.3) is 0 Å². The first-order chi connectivity index (χ1) is 10.2. The molecule has 2 aliphatic rings. The highest BCUT2D eigenvalue weighted by Gasteiger charge is 2.47. The fourth-order valence-corrected chi connectivity index (χ4v) is 6.02. The molecule has 0 saturated carbocycles. The molecule has 2 fully saturated rings. The maximum Gasteiger partial charge on any atom is 0.416 e. The largest absolute Gasteiger partial charge is 0.416 e. The highest BCUT2D eigenvalue weighted by Crippen LogP contribution is 2.46. The molecule has 2 aliphatic heterocycles. The van der Waals surface area contributed by atoms with E-state index >= 15 is 0 Å². The minimum absolute atomic E-state index is 0.105. The lowest BCUT2D eigenvalue weighted by Gasteiger charge is -2.44. The average molecular weight is 332 g/mol. The lowest BCUT2D eigenvalue weighted by Crippen LogP contribution is -2.47. The van der Waals surface area contributed by atoms with Gasteiger partial charge in [0.2, 0.25) is 0 Å². The molecule has 2 saturated heterocycles. The number of rotatable bonds is 1. The van der Waals surface area contributed by atoms with Crippen molar-refractivity contribution in [3.05, 3.63) is 34.9 Å². The molecule has 6 heteroatoms. The van der Waals surface area contributed by atoms with Gasteiger partial charge in [-0.3, -0.25) is 4.21 Å². The molecular weight excluding hydrogens is 313 g/mol. The van der Waals surface area contributed by atoms with Gasteiger partial charge in [0, 0.05) is 21.3 Å². The fraction of sp³-hybridized carbons (Fsp3) is 0.625. The predicted molar refractivity (Wildman–Crippen MR) is 78.9 cm³/mol. The van der Waals surface area contributed by atoms with Gasteiger partial charge in [-0.2, -0.15) is 13.2 Å². The van der Waals surface area contributed by atoms with E-state index in [1.165, 1.54) is 6.07 Å². The highest BCUT2D eigenvalue weighted by molar-refractivity contribution is 7.86. The molecule has 2 heterocycles. The molecule has 0 aromatic heterocycles. The summed E-state index contributed by atoms with van der Waals surface area (Å²) in [5, 5.41) is 10.8. The van der Waals surface area contributed by atoms with Crippen molar-refractivity contribution in [3.63, 3.8) is 0 Å². The Kier molecular flexibility index (Phi) is 3.88. The molecule has 2 bridgehead atoms. The van der Waals surface area contributed by atoms with Crippen LogP contribution in [0.15, 0.2) is 18.2 Å². The van der Waals surface area contributed by atoms with Gasteiger partial charge in [-0.05, 0) is 55.9 Å². The fourth-order valence-electron chi connectivity index (χ4n) is 3.80. The van der Waals surface area contributed by atoms with Gasteiger partial charge in [0.05, 0.1) is 11.2 Å². The Labute approximate surface area is 130 Å². The normalized spacial score (nSPS) is 35.4. The third-order valence-electron chi connectivity index (χ3n) is 4.91. The van der Waals surface area contributed by atoms with Crippen LogP contribution >= 0.6 is 0 Å². The molecule has 1 aromatic carbocycles. The zero-order chi connectivity index (χ0) is 16.1. The zero-order valence-electron chi connectivity index (χ0n) is 12.3. The zero-order valence-corrected chi connectivity index (χ0v) is 13.1. The quantitative estimate of drug-likeness (QED) is 0.852. The maximum absolute atomic E-state index is 13.0. The van der Waals surface area contributed by atoms with Crippen molar-refractivity contribution < 1.29 is 22.5 Å². The van der Waals surface area contributed by atoms with Crippen LogP contribution in [-0.2, 0) is 22.6 Å². The Morgan fingerprint density at radius 1 is 1.23 bits per heavy atom. The van der Waals surface area contributed by atoms with Crippen molar-refractivity contribution in [3.8, 4) is 0 Å². The number of hydrogen-bond donors (Lipinski definition) is 1. The molecular formula is C16H19F3O2S. The molecule has 0 radical (unpaired) electrons. The minimum Gasteiger partial charge on any atom is -0.385 e. The van der Waals surface area contributed by atoms with Gasteiger partial charge in [-0.1, -0.05) is 12.5 Å². The third-order valence-corrected chi connectivity index (χ3v) is 7.03. The Morgan fingerprint density at radius 2 is 1.82 bits per heavy atom. The van der Waals surface area contributed by atoms with E-state index in [1.54, 1.807) is 6.92 Å². The van der Waals surface area contributed by atoms with E-state index in [4.69, 9.17) is 0 Å². The molecule has 122 valence electrons. The van der Waals surface area contributed by atoms with Crippen LogP contribution in [0.1, 0.15) is 48.8 Å². The molecule has 2 unspecified atom stereocenters. The molecule has 0 aliphatic carbocycles. The summed E-state index contributed by atoms with van der Waals surface area (Å²) in [4.78, 5) is 0.